The number of rotatable bonds is 39. The number of hydrogen-bond acceptors (Lipinski definition) is 8. The van der Waals surface area contributed by atoms with Crippen LogP contribution >= 0.6 is 0 Å². The highest BCUT2D eigenvalue weighted by Crippen LogP contribution is 2.31. The molecule has 0 bridgehead atoms. The van der Waals surface area contributed by atoms with Gasteiger partial charge in [0.15, 0.2) is 5.82 Å². The number of esters is 1. The number of nitrogens with two attached hydrogens (primary N) is 1. The van der Waals surface area contributed by atoms with E-state index in [1.807, 2.05) is 45.0 Å². The summed E-state index contributed by atoms with van der Waals surface area (Å²) < 4.78 is 14.1. The van der Waals surface area contributed by atoms with Crippen LogP contribution in [0, 0.1) is 0 Å². The van der Waals surface area contributed by atoms with E-state index in [0.29, 0.717) is 37.5 Å². The van der Waals surface area contributed by atoms with Crippen LogP contribution in [-0.4, -0.2) is 81.8 Å². The van der Waals surface area contributed by atoms with Crippen molar-refractivity contribution in [3.63, 3.8) is 0 Å². The van der Waals surface area contributed by atoms with Crippen molar-refractivity contribution < 1.29 is 14.3 Å². The highest BCUT2D eigenvalue weighted by Gasteiger charge is 2.28. The molecule has 3 rings (SSSR count). The number of anilines is 1. The molecule has 9 heteroatoms. The standard InChI is InChI=1S/C52H92N6O3/c1-7-11-13-15-17-19-21-23-25-31-38-56(9-3)41-34-42-57(39-32-26-24-22-20-18-16-14-12-8-2)40-33-27-28-37-48(59)61-52(5,6)44-58-47(43-60-10-4)55-49-50(58)45-35-29-30-36-46(45)54-51(49)53/h29-30,35-36H,7-28,31-34,37-44H2,1-6H3,(H2,53,54). The Morgan fingerprint density at radius 1 is 0.639 bits per heavy atom. The van der Waals surface area contributed by atoms with Gasteiger partial charge in [-0.2, -0.15) is 0 Å². The molecule has 2 aromatic heterocycles. The number of aromatic nitrogens is 3. The number of carbonyl (C=O) groups is 1. The van der Waals surface area contributed by atoms with Gasteiger partial charge in [0.25, 0.3) is 0 Å². The van der Waals surface area contributed by atoms with Crippen molar-refractivity contribution in [2.45, 2.75) is 221 Å². The van der Waals surface area contributed by atoms with Crippen LogP contribution in [0.15, 0.2) is 24.3 Å². The summed E-state index contributed by atoms with van der Waals surface area (Å²) in [5.74, 6) is 1.00. The van der Waals surface area contributed by atoms with Crippen molar-refractivity contribution in [2.24, 2.45) is 0 Å². The molecule has 9 nitrogen and oxygen atoms in total. The number of fused-ring (bicyclic) bond motifs is 3. The first-order chi connectivity index (χ1) is 29.7. The number of imidazole rings is 1. The van der Waals surface area contributed by atoms with Gasteiger partial charge >= 0.3 is 5.97 Å². The van der Waals surface area contributed by atoms with Crippen LogP contribution in [0.3, 0.4) is 0 Å². The predicted molar refractivity (Wildman–Crippen MR) is 260 cm³/mol. The van der Waals surface area contributed by atoms with Crippen molar-refractivity contribution in [1.29, 1.82) is 0 Å². The minimum atomic E-state index is -0.753. The second-order valence-electron chi connectivity index (χ2n) is 18.5. The number of unbranched alkanes of at least 4 members (excludes halogenated alkanes) is 20. The molecule has 1 aromatic carbocycles. The van der Waals surface area contributed by atoms with Crippen molar-refractivity contribution in [2.75, 3.05) is 51.6 Å². The minimum Gasteiger partial charge on any atom is -0.458 e. The van der Waals surface area contributed by atoms with Gasteiger partial charge in [0.05, 0.1) is 17.6 Å². The molecule has 2 N–H and O–H groups in total. The molecule has 0 amide bonds. The molecule has 0 saturated carbocycles. The fraction of sp³-hybridized carbons (Fsp3) is 0.788. The Morgan fingerprint density at radius 3 is 1.69 bits per heavy atom. The van der Waals surface area contributed by atoms with Crippen molar-refractivity contribution in [1.82, 2.24) is 24.3 Å². The average Bonchev–Trinajstić information content (AvgIpc) is 3.60. The smallest absolute Gasteiger partial charge is 0.306 e. The zero-order valence-corrected chi connectivity index (χ0v) is 40.4. The number of hydrogen-bond donors (Lipinski definition) is 1. The van der Waals surface area contributed by atoms with Crippen LogP contribution in [0.2, 0.25) is 0 Å². The quantitative estimate of drug-likeness (QED) is 0.0448. The summed E-state index contributed by atoms with van der Waals surface area (Å²) in [6.07, 6.45) is 32.4. The fourth-order valence-corrected chi connectivity index (χ4v) is 8.86. The molecule has 3 aromatic rings. The molecular formula is C52H92N6O3. The Bertz CT molecular complexity index is 1570. The van der Waals surface area contributed by atoms with Crippen molar-refractivity contribution >= 4 is 33.7 Å². The molecule has 0 spiro atoms. The molecule has 0 atom stereocenters. The monoisotopic (exact) mass is 849 g/mol. The van der Waals surface area contributed by atoms with Gasteiger partial charge in [-0.15, -0.1) is 0 Å². The summed E-state index contributed by atoms with van der Waals surface area (Å²) >= 11 is 0. The SMILES string of the molecule is CCCCCCCCCCCCN(CC)CCCN(CCCCCCCCCCCC)CCCCCC(=O)OC(C)(C)Cn1c(COCC)nc2c(N)nc3ccccc3c21. The van der Waals surface area contributed by atoms with Gasteiger partial charge in [0.2, 0.25) is 0 Å². The largest absolute Gasteiger partial charge is 0.458 e. The third kappa shape index (κ3) is 21.5. The van der Waals surface area contributed by atoms with Gasteiger partial charge in [-0.05, 0) is 98.2 Å². The number of pyridine rings is 1. The molecule has 0 radical (unpaired) electrons. The molecular weight excluding hydrogens is 757 g/mol. The Hall–Kier alpha value is -2.75. The summed E-state index contributed by atoms with van der Waals surface area (Å²) in [5, 5.41) is 0.971. The van der Waals surface area contributed by atoms with Crippen LogP contribution in [0.4, 0.5) is 5.82 Å². The van der Waals surface area contributed by atoms with E-state index in [1.54, 1.807) is 0 Å². The van der Waals surface area contributed by atoms with E-state index in [4.69, 9.17) is 20.2 Å². The average molecular weight is 849 g/mol. The maximum atomic E-state index is 13.3. The molecule has 0 fully saturated rings. The predicted octanol–water partition coefficient (Wildman–Crippen LogP) is 13.4. The first-order valence-electron chi connectivity index (χ1n) is 25.5. The molecule has 0 aliphatic carbocycles. The van der Waals surface area contributed by atoms with E-state index < -0.39 is 5.60 Å². The van der Waals surface area contributed by atoms with Crippen LogP contribution in [-0.2, 0) is 27.4 Å². The summed E-state index contributed by atoms with van der Waals surface area (Å²) in [5.41, 5.74) is 8.03. The molecule has 0 aliphatic heterocycles. The van der Waals surface area contributed by atoms with Gasteiger partial charge < -0.3 is 29.6 Å². The number of carbonyl (C=O) groups excluding carboxylic acids is 1. The lowest BCUT2D eigenvalue weighted by Crippen LogP contribution is -2.34. The third-order valence-electron chi connectivity index (χ3n) is 12.5. The van der Waals surface area contributed by atoms with Gasteiger partial charge in [-0.3, -0.25) is 4.79 Å². The van der Waals surface area contributed by atoms with Gasteiger partial charge in [0, 0.05) is 18.4 Å². The maximum absolute atomic E-state index is 13.3. The molecule has 0 saturated heterocycles. The second-order valence-corrected chi connectivity index (χ2v) is 18.5. The summed E-state index contributed by atoms with van der Waals surface area (Å²) in [4.78, 5) is 28.2. The van der Waals surface area contributed by atoms with Gasteiger partial charge in [0.1, 0.15) is 23.5 Å². The number of benzene rings is 1. The molecule has 348 valence electrons. The third-order valence-corrected chi connectivity index (χ3v) is 12.5. The summed E-state index contributed by atoms with van der Waals surface area (Å²) in [6.45, 7) is 21.3. The first-order valence-corrected chi connectivity index (χ1v) is 25.5. The molecule has 2 heterocycles. The van der Waals surface area contributed by atoms with E-state index in [1.165, 1.54) is 161 Å². The van der Waals surface area contributed by atoms with Gasteiger partial charge in [-0.1, -0.05) is 161 Å². The fourth-order valence-electron chi connectivity index (χ4n) is 8.86. The molecule has 0 aliphatic rings. The zero-order chi connectivity index (χ0) is 44.0. The highest BCUT2D eigenvalue weighted by atomic mass is 16.6. The Labute approximate surface area is 373 Å². The van der Waals surface area contributed by atoms with E-state index >= 15 is 0 Å². The van der Waals surface area contributed by atoms with E-state index in [0.717, 1.165) is 54.6 Å². The zero-order valence-electron chi connectivity index (χ0n) is 40.4. The minimum absolute atomic E-state index is 0.142. The van der Waals surface area contributed by atoms with E-state index in [2.05, 4.69) is 40.1 Å². The summed E-state index contributed by atoms with van der Waals surface area (Å²) in [7, 11) is 0. The Balaban J connectivity index is 1.44. The first kappa shape index (κ1) is 52.6. The topological polar surface area (TPSA) is 98.7 Å². The van der Waals surface area contributed by atoms with Crippen molar-refractivity contribution in [3.05, 3.63) is 30.1 Å². The Morgan fingerprint density at radius 2 is 1.13 bits per heavy atom. The summed E-state index contributed by atoms with van der Waals surface area (Å²) in [6, 6.07) is 7.98. The molecule has 0 unspecified atom stereocenters. The second kappa shape index (κ2) is 32.0. The lowest BCUT2D eigenvalue weighted by molar-refractivity contribution is -0.157. The number of ether oxygens (including phenoxy) is 2. The van der Waals surface area contributed by atoms with Crippen LogP contribution in [0.1, 0.15) is 208 Å². The van der Waals surface area contributed by atoms with Crippen LogP contribution < -0.4 is 5.73 Å². The van der Waals surface area contributed by atoms with Crippen LogP contribution in [0.25, 0.3) is 21.9 Å². The lowest BCUT2D eigenvalue weighted by atomic mass is 10.1. The molecule has 61 heavy (non-hydrogen) atoms. The van der Waals surface area contributed by atoms with E-state index in [-0.39, 0.29) is 5.97 Å². The number of para-hydroxylation sites is 1. The number of nitrogens with zero attached hydrogens (tertiary/aromatic N) is 5. The lowest BCUT2D eigenvalue weighted by Gasteiger charge is -2.27. The normalized spacial score (nSPS) is 12.2. The Kier molecular flexibility index (Phi) is 27.6. The van der Waals surface area contributed by atoms with E-state index in [9.17, 15) is 4.79 Å². The maximum Gasteiger partial charge on any atom is 0.306 e. The highest BCUT2D eigenvalue weighted by molar-refractivity contribution is 6.06. The van der Waals surface area contributed by atoms with Crippen LogP contribution in [0.5, 0.6) is 0 Å². The number of nitrogen functional groups attached to an aromatic ring is 1. The van der Waals surface area contributed by atoms with Crippen molar-refractivity contribution in [3.8, 4) is 0 Å². The van der Waals surface area contributed by atoms with Gasteiger partial charge in [-0.25, -0.2) is 9.97 Å².